The molecule has 1 atom stereocenters. The van der Waals surface area contributed by atoms with Crippen molar-refractivity contribution < 1.29 is 9.18 Å². The standard InChI is InChI=1S/C16H19FN4OS2.C2H6/c1-9(23)7-13(18)14(22)20-10-3-4-12(17)11(8-10)16(2)5-6-24-15(19)21-16;1-2/h3-4,7-8H,5-6,18H2,1-2H3,(H2,19,21)(H,20,22);1-2H3/b13-7-;/t16-;/m0./s1. The zero-order chi connectivity index (χ0) is 19.9. The first-order valence-corrected chi connectivity index (χ1v) is 9.68. The number of anilines is 1. The van der Waals surface area contributed by atoms with Crippen LogP contribution in [0.1, 0.15) is 39.7 Å². The predicted octanol–water partition coefficient (Wildman–Crippen LogP) is 3.69. The normalized spacial score (nSPS) is 19.7. The van der Waals surface area contributed by atoms with E-state index in [2.05, 4.69) is 10.3 Å². The highest BCUT2D eigenvalue weighted by Crippen LogP contribution is 2.37. The Balaban J connectivity index is 0.00000163. The van der Waals surface area contributed by atoms with Gasteiger partial charge in [0.15, 0.2) is 5.17 Å². The third-order valence-corrected chi connectivity index (χ3v) is 4.53. The van der Waals surface area contributed by atoms with Gasteiger partial charge in [0.05, 0.1) is 11.2 Å². The summed E-state index contributed by atoms with van der Waals surface area (Å²) in [5.41, 5.74) is 11.5. The number of hydrogen-bond donors (Lipinski definition) is 3. The number of amides is 1. The zero-order valence-corrected chi connectivity index (χ0v) is 17.1. The Hall–Kier alpha value is -1.93. The third kappa shape index (κ3) is 5.81. The average molecular weight is 397 g/mol. The highest BCUT2D eigenvalue weighted by Gasteiger charge is 2.32. The average Bonchev–Trinajstić information content (AvgIpc) is 2.57. The maximum atomic E-state index is 14.3. The molecule has 0 saturated carbocycles. The van der Waals surface area contributed by atoms with Gasteiger partial charge in [-0.1, -0.05) is 37.8 Å². The number of aliphatic imine (C=N–C) groups is 1. The van der Waals surface area contributed by atoms with Crippen molar-refractivity contribution in [2.24, 2.45) is 16.5 Å². The molecular formula is C18H25FN4OS2. The van der Waals surface area contributed by atoms with Gasteiger partial charge in [0.1, 0.15) is 5.82 Å². The molecule has 0 spiro atoms. The van der Waals surface area contributed by atoms with E-state index in [1.54, 1.807) is 13.0 Å². The van der Waals surface area contributed by atoms with Crippen LogP contribution in [-0.2, 0) is 10.3 Å². The largest absolute Gasteiger partial charge is 0.394 e. The Kier molecular flexibility index (Phi) is 8.23. The van der Waals surface area contributed by atoms with Crippen molar-refractivity contribution in [1.29, 1.82) is 0 Å². The first-order chi connectivity index (χ1) is 12.2. The molecule has 1 aliphatic heterocycles. The van der Waals surface area contributed by atoms with Crippen LogP contribution in [0.4, 0.5) is 10.1 Å². The summed E-state index contributed by atoms with van der Waals surface area (Å²) < 4.78 is 14.3. The SMILES string of the molecule is CC.CC(=S)/C=C(\N)C(=O)Nc1ccc(F)c([C@]2(C)CCSC(N)=N2)c1. The minimum Gasteiger partial charge on any atom is -0.394 e. The monoisotopic (exact) mass is 396 g/mol. The number of amidine groups is 1. The predicted molar refractivity (Wildman–Crippen MR) is 113 cm³/mol. The lowest BCUT2D eigenvalue weighted by Gasteiger charge is -2.30. The molecular weight excluding hydrogens is 371 g/mol. The molecule has 2 rings (SSSR count). The maximum absolute atomic E-state index is 14.3. The molecule has 142 valence electrons. The van der Waals surface area contributed by atoms with E-state index in [-0.39, 0.29) is 5.70 Å². The van der Waals surface area contributed by atoms with E-state index >= 15 is 0 Å². The van der Waals surface area contributed by atoms with Gasteiger partial charge >= 0.3 is 0 Å². The number of halogens is 1. The Bertz CT molecular complexity index is 749. The van der Waals surface area contributed by atoms with Crippen molar-refractivity contribution in [3.05, 3.63) is 41.4 Å². The van der Waals surface area contributed by atoms with E-state index in [9.17, 15) is 9.18 Å². The first kappa shape index (κ1) is 22.1. The molecule has 1 aromatic rings. The summed E-state index contributed by atoms with van der Waals surface area (Å²) in [4.78, 5) is 16.9. The maximum Gasteiger partial charge on any atom is 0.271 e. The van der Waals surface area contributed by atoms with Crippen LogP contribution in [0.25, 0.3) is 0 Å². The fourth-order valence-electron chi connectivity index (χ4n) is 2.38. The van der Waals surface area contributed by atoms with E-state index in [1.165, 1.54) is 30.0 Å². The van der Waals surface area contributed by atoms with Crippen LogP contribution in [0, 0.1) is 5.82 Å². The van der Waals surface area contributed by atoms with Gasteiger partial charge in [-0.05, 0) is 44.5 Å². The topological polar surface area (TPSA) is 93.5 Å². The lowest BCUT2D eigenvalue weighted by atomic mass is 9.89. The molecule has 0 aromatic heterocycles. The summed E-state index contributed by atoms with van der Waals surface area (Å²) in [6.07, 6.45) is 2.05. The van der Waals surface area contributed by atoms with Gasteiger partial charge in [0, 0.05) is 21.9 Å². The second-order valence-electron chi connectivity index (χ2n) is 5.68. The van der Waals surface area contributed by atoms with Crippen LogP contribution in [0.15, 0.2) is 35.0 Å². The number of thioether (sulfide) groups is 1. The fourth-order valence-corrected chi connectivity index (χ4v) is 3.49. The molecule has 1 aromatic carbocycles. The summed E-state index contributed by atoms with van der Waals surface area (Å²) in [7, 11) is 0. The van der Waals surface area contributed by atoms with Gasteiger partial charge in [-0.15, -0.1) is 0 Å². The van der Waals surface area contributed by atoms with Gasteiger partial charge in [-0.2, -0.15) is 0 Å². The van der Waals surface area contributed by atoms with Crippen molar-refractivity contribution in [3.63, 3.8) is 0 Å². The summed E-state index contributed by atoms with van der Waals surface area (Å²) in [6.45, 7) is 7.49. The van der Waals surface area contributed by atoms with Crippen LogP contribution in [0.5, 0.6) is 0 Å². The lowest BCUT2D eigenvalue weighted by Crippen LogP contribution is -2.30. The molecule has 0 aliphatic carbocycles. The van der Waals surface area contributed by atoms with Crippen molar-refractivity contribution in [2.45, 2.75) is 39.7 Å². The number of hydrogen-bond acceptors (Lipinski definition) is 6. The molecule has 1 amide bonds. The number of thiocarbonyl (C=S) groups is 1. The smallest absolute Gasteiger partial charge is 0.271 e. The fraction of sp³-hybridized carbons (Fsp3) is 0.389. The molecule has 8 heteroatoms. The number of nitrogens with two attached hydrogens (primary N) is 2. The van der Waals surface area contributed by atoms with E-state index in [0.29, 0.717) is 27.7 Å². The zero-order valence-electron chi connectivity index (χ0n) is 15.4. The first-order valence-electron chi connectivity index (χ1n) is 8.28. The van der Waals surface area contributed by atoms with Crippen molar-refractivity contribution in [2.75, 3.05) is 11.1 Å². The molecule has 5 nitrogen and oxygen atoms in total. The number of benzene rings is 1. The third-order valence-electron chi connectivity index (χ3n) is 3.62. The lowest BCUT2D eigenvalue weighted by molar-refractivity contribution is -0.112. The molecule has 1 aliphatic rings. The van der Waals surface area contributed by atoms with Crippen LogP contribution in [-0.4, -0.2) is 21.7 Å². The molecule has 26 heavy (non-hydrogen) atoms. The molecule has 1 heterocycles. The Morgan fingerprint density at radius 3 is 2.69 bits per heavy atom. The summed E-state index contributed by atoms with van der Waals surface area (Å²) in [6, 6.07) is 4.34. The van der Waals surface area contributed by atoms with Gasteiger partial charge in [-0.3, -0.25) is 9.79 Å². The molecule has 5 N–H and O–H groups in total. The summed E-state index contributed by atoms with van der Waals surface area (Å²) in [5, 5.41) is 3.07. The summed E-state index contributed by atoms with van der Waals surface area (Å²) >= 11 is 6.33. The Morgan fingerprint density at radius 2 is 2.12 bits per heavy atom. The minimum atomic E-state index is -0.757. The van der Waals surface area contributed by atoms with Crippen molar-refractivity contribution in [3.8, 4) is 0 Å². The number of nitrogens with zero attached hydrogens (tertiary/aromatic N) is 1. The van der Waals surface area contributed by atoms with Gasteiger partial charge in [-0.25, -0.2) is 4.39 Å². The molecule has 0 saturated heterocycles. The van der Waals surface area contributed by atoms with Crippen molar-refractivity contribution in [1.82, 2.24) is 0 Å². The van der Waals surface area contributed by atoms with E-state index in [0.717, 1.165) is 5.75 Å². The van der Waals surface area contributed by atoms with E-state index in [1.807, 2.05) is 20.8 Å². The van der Waals surface area contributed by atoms with Gasteiger partial charge in [0.2, 0.25) is 0 Å². The molecule has 0 fully saturated rings. The van der Waals surface area contributed by atoms with Crippen LogP contribution in [0.3, 0.4) is 0 Å². The second kappa shape index (κ2) is 9.68. The number of allylic oxidation sites excluding steroid dienone is 1. The van der Waals surface area contributed by atoms with Crippen molar-refractivity contribution >= 4 is 45.6 Å². The van der Waals surface area contributed by atoms with Gasteiger partial charge < -0.3 is 16.8 Å². The summed E-state index contributed by atoms with van der Waals surface area (Å²) in [5.74, 6) is -0.132. The highest BCUT2D eigenvalue weighted by molar-refractivity contribution is 8.13. The van der Waals surface area contributed by atoms with E-state index in [4.69, 9.17) is 23.7 Å². The van der Waals surface area contributed by atoms with Gasteiger partial charge in [0.25, 0.3) is 5.91 Å². The number of carbonyl (C=O) groups excluding carboxylic acids is 1. The van der Waals surface area contributed by atoms with E-state index < -0.39 is 17.3 Å². The number of carbonyl (C=O) groups is 1. The highest BCUT2D eigenvalue weighted by atomic mass is 32.2. The Labute approximate surface area is 163 Å². The molecule has 0 unspecified atom stereocenters. The van der Waals surface area contributed by atoms with Crippen LogP contribution >= 0.6 is 24.0 Å². The Morgan fingerprint density at radius 1 is 1.46 bits per heavy atom. The molecule has 0 radical (unpaired) electrons. The van der Waals surface area contributed by atoms with Crippen LogP contribution in [0.2, 0.25) is 0 Å². The minimum absolute atomic E-state index is 0.00378. The molecule has 0 bridgehead atoms. The number of nitrogens with one attached hydrogen (secondary N) is 1. The quantitative estimate of drug-likeness (QED) is 0.533. The second-order valence-corrected chi connectivity index (χ2v) is 7.44. The number of rotatable bonds is 4. The van der Waals surface area contributed by atoms with Crippen LogP contribution < -0.4 is 16.8 Å².